The minimum Gasteiger partial charge on any atom is -0.444 e. The maximum atomic E-state index is 13.4. The first-order valence-corrected chi connectivity index (χ1v) is 20.1. The first kappa shape index (κ1) is 43.9. The van der Waals surface area contributed by atoms with Crippen molar-refractivity contribution in [2.24, 2.45) is 0 Å². The second kappa shape index (κ2) is 21.0. The van der Waals surface area contributed by atoms with Crippen molar-refractivity contribution in [2.45, 2.75) is 77.2 Å². The Morgan fingerprint density at radius 3 is 1.53 bits per heavy atom. The standard InChI is InChI=1S/C24H35FN4O3.C19H27FN4O/c1-18(19-6-8-20(25)9-7-19)29-17-26-16-22(29)21(10-15-31-5)27-11-13-28(14-12-27)23(30)32-24(2,3)4;1-15(16-3-5-17(20)6-4-16)24-14-22-13-19(24)18(7-12-25-2)23-10-8-21-9-11-23/h6-9,16-18,21H,10-15H2,1-5H3;3-6,13-15,18,21H,7-12H2,1-2H3/t18-,21?;15-,18?/m11/s1. The van der Waals surface area contributed by atoms with E-state index in [0.717, 1.165) is 68.9 Å². The van der Waals surface area contributed by atoms with Crippen LogP contribution < -0.4 is 5.32 Å². The molecule has 4 atom stereocenters. The van der Waals surface area contributed by atoms with E-state index >= 15 is 0 Å². The van der Waals surface area contributed by atoms with Gasteiger partial charge < -0.3 is 33.6 Å². The highest BCUT2D eigenvalue weighted by Gasteiger charge is 2.32. The van der Waals surface area contributed by atoms with Crippen LogP contribution >= 0.6 is 0 Å². The number of methoxy groups -OCH3 is 2. The number of hydrogen-bond donors (Lipinski definition) is 1. The third kappa shape index (κ3) is 12.2. The van der Waals surface area contributed by atoms with E-state index in [4.69, 9.17) is 14.2 Å². The molecule has 2 saturated heterocycles. The van der Waals surface area contributed by atoms with Crippen molar-refractivity contribution in [3.63, 3.8) is 0 Å². The minimum atomic E-state index is -0.502. The van der Waals surface area contributed by atoms with Gasteiger partial charge in [0.1, 0.15) is 17.2 Å². The van der Waals surface area contributed by atoms with E-state index in [0.29, 0.717) is 26.3 Å². The fraction of sp³-hybridized carbons (Fsp3) is 0.558. The zero-order chi connectivity index (χ0) is 41.0. The number of aromatic nitrogens is 4. The number of hydrogen-bond acceptors (Lipinski definition) is 9. The number of carbonyl (C=O) groups is 1. The molecule has 2 aliphatic rings. The molecule has 0 bridgehead atoms. The van der Waals surface area contributed by atoms with E-state index in [2.05, 4.69) is 48.1 Å². The lowest BCUT2D eigenvalue weighted by molar-refractivity contribution is 0.00776. The van der Waals surface area contributed by atoms with Gasteiger partial charge in [-0.3, -0.25) is 9.80 Å². The molecule has 2 aromatic heterocycles. The molecule has 12 nitrogen and oxygen atoms in total. The first-order chi connectivity index (χ1) is 27.4. The van der Waals surface area contributed by atoms with Crippen LogP contribution in [0, 0.1) is 11.6 Å². The number of nitrogens with one attached hydrogen (secondary N) is 1. The Balaban J connectivity index is 0.000000224. The van der Waals surface area contributed by atoms with Gasteiger partial charge in [0.25, 0.3) is 0 Å². The SMILES string of the molecule is COCCC(c1cncn1[C@H](C)c1ccc(F)cc1)N1CCN(C(=O)OC(C)(C)C)CC1.COCCC(c1cncn1[C@H](C)c1ccc(F)cc1)N1CCNCC1. The summed E-state index contributed by atoms with van der Waals surface area (Å²) in [6, 6.07) is 13.8. The molecule has 2 unspecified atom stereocenters. The molecule has 14 heteroatoms. The molecular formula is C43H62F2N8O4. The summed E-state index contributed by atoms with van der Waals surface area (Å²) in [5.74, 6) is -0.451. The second-order valence-corrected chi connectivity index (χ2v) is 15.8. The smallest absolute Gasteiger partial charge is 0.410 e. The van der Waals surface area contributed by atoms with Crippen molar-refractivity contribution < 1.29 is 27.8 Å². The Hall–Kier alpha value is -4.21. The number of ether oxygens (including phenoxy) is 3. The summed E-state index contributed by atoms with van der Waals surface area (Å²) >= 11 is 0. The molecule has 4 heterocycles. The van der Waals surface area contributed by atoms with E-state index in [1.54, 1.807) is 19.1 Å². The van der Waals surface area contributed by atoms with Crippen LogP contribution in [0.5, 0.6) is 0 Å². The molecule has 0 aliphatic carbocycles. The topological polar surface area (TPSA) is 102 Å². The van der Waals surface area contributed by atoms with Gasteiger partial charge in [0.05, 0.1) is 48.2 Å². The molecular weight excluding hydrogens is 731 g/mol. The lowest BCUT2D eigenvalue weighted by Crippen LogP contribution is -2.51. The van der Waals surface area contributed by atoms with Crippen molar-refractivity contribution in [1.82, 2.24) is 39.1 Å². The van der Waals surface area contributed by atoms with Crippen LogP contribution in [-0.4, -0.2) is 125 Å². The highest BCUT2D eigenvalue weighted by molar-refractivity contribution is 5.68. The van der Waals surface area contributed by atoms with Crippen LogP contribution in [0.2, 0.25) is 0 Å². The maximum Gasteiger partial charge on any atom is 0.410 e. The minimum absolute atomic E-state index is 0.0150. The predicted molar refractivity (Wildman–Crippen MR) is 217 cm³/mol. The van der Waals surface area contributed by atoms with Gasteiger partial charge in [-0.1, -0.05) is 24.3 Å². The van der Waals surface area contributed by atoms with Crippen LogP contribution in [0.15, 0.2) is 73.6 Å². The average molecular weight is 793 g/mol. The molecule has 1 amide bonds. The number of nitrogens with zero attached hydrogens (tertiary/aromatic N) is 7. The summed E-state index contributed by atoms with van der Waals surface area (Å²) in [4.78, 5) is 27.9. The van der Waals surface area contributed by atoms with Crippen LogP contribution in [0.1, 0.15) is 94.1 Å². The van der Waals surface area contributed by atoms with E-state index in [9.17, 15) is 13.6 Å². The molecule has 0 saturated carbocycles. The van der Waals surface area contributed by atoms with Gasteiger partial charge in [-0.05, 0) is 82.9 Å². The molecule has 1 N–H and O–H groups in total. The molecule has 57 heavy (non-hydrogen) atoms. The number of halogens is 2. The number of imidazole rings is 2. The highest BCUT2D eigenvalue weighted by atomic mass is 19.1. The van der Waals surface area contributed by atoms with Crippen LogP contribution in [-0.2, 0) is 14.2 Å². The highest BCUT2D eigenvalue weighted by Crippen LogP contribution is 2.31. The lowest BCUT2D eigenvalue weighted by Gasteiger charge is -2.40. The molecule has 2 aromatic carbocycles. The van der Waals surface area contributed by atoms with Gasteiger partial charge in [-0.25, -0.2) is 23.5 Å². The Labute approximate surface area is 337 Å². The van der Waals surface area contributed by atoms with Crippen LogP contribution in [0.25, 0.3) is 0 Å². The van der Waals surface area contributed by atoms with Gasteiger partial charge in [0.2, 0.25) is 0 Å². The molecule has 6 rings (SSSR count). The second-order valence-electron chi connectivity index (χ2n) is 15.8. The summed E-state index contributed by atoms with van der Waals surface area (Å²) < 4.78 is 47.2. The molecule has 0 spiro atoms. The third-order valence-electron chi connectivity index (χ3n) is 10.8. The summed E-state index contributed by atoms with van der Waals surface area (Å²) in [7, 11) is 3.45. The molecule has 4 aromatic rings. The third-order valence-corrected chi connectivity index (χ3v) is 10.8. The predicted octanol–water partition coefficient (Wildman–Crippen LogP) is 6.88. The Morgan fingerprint density at radius 2 is 1.12 bits per heavy atom. The zero-order valence-electron chi connectivity index (χ0n) is 34.7. The van der Waals surface area contributed by atoms with Gasteiger partial charge in [0, 0.05) is 92.2 Å². The van der Waals surface area contributed by atoms with Crippen molar-refractivity contribution in [3.8, 4) is 0 Å². The molecule has 2 aliphatic heterocycles. The number of benzene rings is 2. The van der Waals surface area contributed by atoms with Crippen molar-refractivity contribution >= 4 is 6.09 Å². The van der Waals surface area contributed by atoms with Gasteiger partial charge in [-0.2, -0.15) is 0 Å². The van der Waals surface area contributed by atoms with Crippen LogP contribution in [0.3, 0.4) is 0 Å². The van der Waals surface area contributed by atoms with E-state index in [-0.39, 0.29) is 41.9 Å². The van der Waals surface area contributed by atoms with Crippen molar-refractivity contribution in [2.75, 3.05) is 79.8 Å². The summed E-state index contributed by atoms with van der Waals surface area (Å²) in [5.41, 5.74) is 3.87. The first-order valence-electron chi connectivity index (χ1n) is 20.1. The van der Waals surface area contributed by atoms with Gasteiger partial charge in [0.15, 0.2) is 0 Å². The van der Waals surface area contributed by atoms with E-state index in [1.165, 1.54) is 30.0 Å². The molecule has 2 fully saturated rings. The van der Waals surface area contributed by atoms with Crippen molar-refractivity contribution in [3.05, 3.63) is 108 Å². The molecule has 312 valence electrons. The Kier molecular flexibility index (Phi) is 16.2. The quantitative estimate of drug-likeness (QED) is 0.147. The average Bonchev–Trinajstić information content (AvgIpc) is 3.90. The normalized spacial score (nSPS) is 17.7. The summed E-state index contributed by atoms with van der Waals surface area (Å²) in [6.07, 6.45) is 9.05. The maximum absolute atomic E-state index is 13.4. The fourth-order valence-electron chi connectivity index (χ4n) is 7.63. The van der Waals surface area contributed by atoms with Crippen LogP contribution in [0.4, 0.5) is 13.6 Å². The largest absolute Gasteiger partial charge is 0.444 e. The van der Waals surface area contributed by atoms with Gasteiger partial charge >= 0.3 is 6.09 Å². The molecule has 0 radical (unpaired) electrons. The number of amides is 1. The summed E-state index contributed by atoms with van der Waals surface area (Å²) in [6.45, 7) is 17.9. The summed E-state index contributed by atoms with van der Waals surface area (Å²) in [5, 5.41) is 3.41. The number of rotatable bonds is 14. The zero-order valence-corrected chi connectivity index (χ0v) is 34.7. The fourth-order valence-corrected chi connectivity index (χ4v) is 7.63. The number of piperazine rings is 2. The van der Waals surface area contributed by atoms with E-state index < -0.39 is 5.60 Å². The number of carbonyl (C=O) groups excluding carboxylic acids is 1. The monoisotopic (exact) mass is 792 g/mol. The Morgan fingerprint density at radius 1 is 0.702 bits per heavy atom. The van der Waals surface area contributed by atoms with E-state index in [1.807, 2.05) is 70.1 Å². The van der Waals surface area contributed by atoms with Crippen molar-refractivity contribution in [1.29, 1.82) is 0 Å². The Bertz CT molecular complexity index is 1780. The lowest BCUT2D eigenvalue weighted by atomic mass is 10.0. The van der Waals surface area contributed by atoms with Gasteiger partial charge in [-0.15, -0.1) is 0 Å².